The Morgan fingerprint density at radius 1 is 1.36 bits per heavy atom. The van der Waals surface area contributed by atoms with Crippen molar-refractivity contribution in [1.82, 2.24) is 20.1 Å². The van der Waals surface area contributed by atoms with Gasteiger partial charge in [-0.25, -0.2) is 4.98 Å². The lowest BCUT2D eigenvalue weighted by Crippen LogP contribution is -2.56. The summed E-state index contributed by atoms with van der Waals surface area (Å²) in [6, 6.07) is -1.41. The van der Waals surface area contributed by atoms with Gasteiger partial charge < -0.3 is 10.2 Å². The Balaban J connectivity index is 0.00000312. The van der Waals surface area contributed by atoms with Crippen molar-refractivity contribution in [3.63, 3.8) is 0 Å². The fourth-order valence-corrected chi connectivity index (χ4v) is 3.37. The summed E-state index contributed by atoms with van der Waals surface area (Å²) in [5, 5.41) is 6.36. The zero-order chi connectivity index (χ0) is 17.7. The summed E-state index contributed by atoms with van der Waals surface area (Å²) in [5.74, 6) is 0.709. The van der Waals surface area contributed by atoms with Gasteiger partial charge >= 0.3 is 6.18 Å². The van der Waals surface area contributed by atoms with Crippen LogP contribution in [0.25, 0.3) is 0 Å². The molecule has 0 aliphatic carbocycles. The molecule has 1 aromatic heterocycles. The van der Waals surface area contributed by atoms with Crippen molar-refractivity contribution in [2.24, 2.45) is 4.99 Å². The standard InChI is InChI=1S/C15H24F3N5S.HI/c1-4-13-21-12(10-24-13)9-20-14(19-3)23-7-5-22(6-8-23)11(2)15(16,17)18;/h10-11H,4-9H2,1-3H3,(H,19,20);1H. The maximum Gasteiger partial charge on any atom is 0.403 e. The zero-order valence-electron chi connectivity index (χ0n) is 14.6. The number of aromatic nitrogens is 1. The average Bonchev–Trinajstić information content (AvgIpc) is 3.02. The Hall–Kier alpha value is -0.620. The molecule has 144 valence electrons. The van der Waals surface area contributed by atoms with Gasteiger partial charge in [-0.05, 0) is 13.3 Å². The lowest BCUT2D eigenvalue weighted by atomic mass is 10.2. The molecule has 1 aliphatic heterocycles. The summed E-state index contributed by atoms with van der Waals surface area (Å²) in [7, 11) is 1.69. The molecule has 1 unspecified atom stereocenters. The lowest BCUT2D eigenvalue weighted by Gasteiger charge is -2.39. The van der Waals surface area contributed by atoms with Gasteiger partial charge in [0.2, 0.25) is 0 Å². The van der Waals surface area contributed by atoms with E-state index in [1.54, 1.807) is 18.4 Å². The van der Waals surface area contributed by atoms with Gasteiger partial charge in [0.25, 0.3) is 0 Å². The van der Waals surface area contributed by atoms with Crippen LogP contribution in [0.5, 0.6) is 0 Å². The highest BCUT2D eigenvalue weighted by Crippen LogP contribution is 2.25. The number of guanidine groups is 1. The third-order valence-corrected chi connectivity index (χ3v) is 5.22. The Kier molecular flexibility index (Phi) is 8.89. The van der Waals surface area contributed by atoms with Gasteiger partial charge in [0, 0.05) is 38.6 Å². The molecule has 5 nitrogen and oxygen atoms in total. The van der Waals surface area contributed by atoms with Crippen LogP contribution in [-0.2, 0) is 13.0 Å². The highest BCUT2D eigenvalue weighted by Gasteiger charge is 2.41. The van der Waals surface area contributed by atoms with E-state index < -0.39 is 12.2 Å². The average molecular weight is 491 g/mol. The maximum absolute atomic E-state index is 12.8. The van der Waals surface area contributed by atoms with E-state index in [0.29, 0.717) is 38.7 Å². The quantitative estimate of drug-likeness (QED) is 0.400. The first kappa shape index (κ1) is 22.4. The van der Waals surface area contributed by atoms with Gasteiger partial charge in [-0.3, -0.25) is 9.89 Å². The van der Waals surface area contributed by atoms with Crippen molar-refractivity contribution in [1.29, 1.82) is 0 Å². The number of halogens is 4. The van der Waals surface area contributed by atoms with Gasteiger partial charge in [-0.1, -0.05) is 6.92 Å². The number of hydrogen-bond acceptors (Lipinski definition) is 4. The smallest absolute Gasteiger partial charge is 0.351 e. The third kappa shape index (κ3) is 6.24. The largest absolute Gasteiger partial charge is 0.403 e. The number of piperazine rings is 1. The van der Waals surface area contributed by atoms with Crippen LogP contribution in [0.1, 0.15) is 24.5 Å². The van der Waals surface area contributed by atoms with E-state index in [2.05, 4.69) is 22.2 Å². The fourth-order valence-electron chi connectivity index (χ4n) is 2.62. The van der Waals surface area contributed by atoms with E-state index in [9.17, 15) is 13.2 Å². The first-order valence-corrected chi connectivity index (χ1v) is 8.92. The number of nitrogens with one attached hydrogen (secondary N) is 1. The first-order valence-electron chi connectivity index (χ1n) is 8.04. The predicted octanol–water partition coefficient (Wildman–Crippen LogP) is 2.97. The lowest BCUT2D eigenvalue weighted by molar-refractivity contribution is -0.181. The highest BCUT2D eigenvalue weighted by molar-refractivity contribution is 14.0. The van der Waals surface area contributed by atoms with E-state index in [-0.39, 0.29) is 24.0 Å². The van der Waals surface area contributed by atoms with Crippen LogP contribution in [0.2, 0.25) is 0 Å². The molecule has 0 saturated carbocycles. The van der Waals surface area contributed by atoms with Crippen molar-refractivity contribution in [2.45, 2.75) is 39.0 Å². The van der Waals surface area contributed by atoms with Gasteiger partial charge in [-0.2, -0.15) is 13.2 Å². The number of hydrogen-bond donors (Lipinski definition) is 1. The second-order valence-corrected chi connectivity index (χ2v) is 6.67. The van der Waals surface area contributed by atoms with E-state index >= 15 is 0 Å². The molecule has 10 heteroatoms. The van der Waals surface area contributed by atoms with Gasteiger partial charge in [0.1, 0.15) is 6.04 Å². The summed E-state index contributed by atoms with van der Waals surface area (Å²) >= 11 is 1.63. The molecule has 1 atom stereocenters. The van der Waals surface area contributed by atoms with Crippen molar-refractivity contribution in [3.05, 3.63) is 16.1 Å². The summed E-state index contributed by atoms with van der Waals surface area (Å²) in [5.41, 5.74) is 0.960. The Bertz CT molecular complexity index is 556. The second kappa shape index (κ2) is 9.91. The van der Waals surface area contributed by atoms with Gasteiger partial charge in [0.05, 0.1) is 17.2 Å². The van der Waals surface area contributed by atoms with Crippen LogP contribution >= 0.6 is 35.3 Å². The molecular formula is C15H25F3IN5S. The Morgan fingerprint density at radius 3 is 2.48 bits per heavy atom. The number of nitrogens with zero attached hydrogens (tertiary/aromatic N) is 4. The number of alkyl halides is 3. The molecule has 1 fully saturated rings. The molecule has 0 amide bonds. The highest BCUT2D eigenvalue weighted by atomic mass is 127. The topological polar surface area (TPSA) is 43.8 Å². The molecule has 1 N–H and O–H groups in total. The van der Waals surface area contributed by atoms with Crippen LogP contribution in [0.3, 0.4) is 0 Å². The number of rotatable bonds is 4. The summed E-state index contributed by atoms with van der Waals surface area (Å²) in [4.78, 5) is 12.2. The zero-order valence-corrected chi connectivity index (χ0v) is 17.8. The van der Waals surface area contributed by atoms with E-state index in [4.69, 9.17) is 0 Å². The predicted molar refractivity (Wildman–Crippen MR) is 106 cm³/mol. The molecule has 0 radical (unpaired) electrons. The van der Waals surface area contributed by atoms with E-state index in [1.165, 1.54) is 11.8 Å². The van der Waals surface area contributed by atoms with Crippen LogP contribution < -0.4 is 5.32 Å². The van der Waals surface area contributed by atoms with Crippen LogP contribution in [0.4, 0.5) is 13.2 Å². The SMILES string of the molecule is CCc1nc(CNC(=NC)N2CCN(C(C)C(F)(F)F)CC2)cs1.I. The summed E-state index contributed by atoms with van der Waals surface area (Å²) < 4.78 is 38.4. The molecule has 1 saturated heterocycles. The van der Waals surface area contributed by atoms with Crippen LogP contribution in [0.15, 0.2) is 10.4 Å². The molecule has 2 rings (SSSR count). The number of aryl methyl sites for hydroxylation is 1. The van der Waals surface area contributed by atoms with E-state index in [0.717, 1.165) is 17.1 Å². The first-order chi connectivity index (χ1) is 11.3. The molecular weight excluding hydrogens is 466 g/mol. The van der Waals surface area contributed by atoms with Gasteiger partial charge in [-0.15, -0.1) is 35.3 Å². The minimum Gasteiger partial charge on any atom is -0.351 e. The monoisotopic (exact) mass is 491 g/mol. The fraction of sp³-hybridized carbons (Fsp3) is 0.733. The van der Waals surface area contributed by atoms with Crippen LogP contribution in [0, 0.1) is 0 Å². The molecule has 1 aliphatic rings. The Labute approximate surface area is 167 Å². The van der Waals surface area contributed by atoms with Crippen molar-refractivity contribution in [2.75, 3.05) is 33.2 Å². The number of thiazole rings is 1. The molecule has 0 bridgehead atoms. The minimum absolute atomic E-state index is 0. The maximum atomic E-state index is 12.8. The normalized spacial score (nSPS) is 18.0. The molecule has 25 heavy (non-hydrogen) atoms. The summed E-state index contributed by atoms with van der Waals surface area (Å²) in [6.07, 6.45) is -3.26. The minimum atomic E-state index is -4.18. The molecule has 1 aromatic rings. The molecule has 2 heterocycles. The third-order valence-electron chi connectivity index (χ3n) is 4.18. The van der Waals surface area contributed by atoms with E-state index in [1.807, 2.05) is 10.3 Å². The number of aliphatic imine (C=N–C) groups is 1. The molecule has 0 spiro atoms. The second-order valence-electron chi connectivity index (χ2n) is 5.73. The summed E-state index contributed by atoms with van der Waals surface area (Å²) in [6.45, 7) is 5.65. The van der Waals surface area contributed by atoms with Crippen molar-refractivity contribution >= 4 is 41.3 Å². The Morgan fingerprint density at radius 2 is 2.00 bits per heavy atom. The van der Waals surface area contributed by atoms with Crippen molar-refractivity contribution < 1.29 is 13.2 Å². The van der Waals surface area contributed by atoms with Crippen molar-refractivity contribution in [3.8, 4) is 0 Å². The molecule has 0 aromatic carbocycles. The van der Waals surface area contributed by atoms with Crippen LogP contribution in [-0.4, -0.2) is 66.2 Å². The van der Waals surface area contributed by atoms with Gasteiger partial charge in [0.15, 0.2) is 5.96 Å².